The van der Waals surface area contributed by atoms with Crippen LogP contribution in [0.25, 0.3) is 0 Å². The molecule has 1 aliphatic carbocycles. The van der Waals surface area contributed by atoms with Crippen LogP contribution < -0.4 is 0 Å². The van der Waals surface area contributed by atoms with Crippen LogP contribution in [0.4, 0.5) is 0 Å². The van der Waals surface area contributed by atoms with Crippen LogP contribution in [0.2, 0.25) is 10.0 Å². The Labute approximate surface area is 214 Å². The van der Waals surface area contributed by atoms with Crippen molar-refractivity contribution in [1.82, 2.24) is 0 Å². The van der Waals surface area contributed by atoms with Crippen molar-refractivity contribution in [3.05, 3.63) is 81.9 Å². The molecule has 1 aliphatic rings. The topological polar surface area (TPSA) is 121 Å². The van der Waals surface area contributed by atoms with E-state index >= 15 is 0 Å². The lowest BCUT2D eigenvalue weighted by Gasteiger charge is -2.51. The van der Waals surface area contributed by atoms with Gasteiger partial charge in [0.2, 0.25) is 0 Å². The van der Waals surface area contributed by atoms with Crippen molar-refractivity contribution in [1.29, 1.82) is 21.0 Å². The van der Waals surface area contributed by atoms with Crippen molar-refractivity contribution >= 4 is 29.2 Å². The number of halogens is 2. The smallest absolute Gasteiger partial charge is 0.333 e. The fourth-order valence-electron chi connectivity index (χ4n) is 5.11. The second kappa shape index (κ2) is 10.2. The summed E-state index contributed by atoms with van der Waals surface area (Å²) in [7, 11) is 0. The molecule has 0 amide bonds. The fraction of sp³-hybridized carbons (Fsp3) is 0.296. The van der Waals surface area contributed by atoms with E-state index in [9.17, 15) is 25.8 Å². The highest BCUT2D eigenvalue weighted by Gasteiger charge is 2.66. The van der Waals surface area contributed by atoms with Gasteiger partial charge in [0.25, 0.3) is 0 Å². The minimum atomic E-state index is -1.99. The summed E-state index contributed by atoms with van der Waals surface area (Å²) < 4.78 is 5.13. The molecule has 0 radical (unpaired) electrons. The molecular formula is C27H20Cl2N4O2. The molecule has 174 valence electrons. The van der Waals surface area contributed by atoms with Gasteiger partial charge in [-0.3, -0.25) is 0 Å². The first-order valence-corrected chi connectivity index (χ1v) is 11.5. The Balaban J connectivity index is 2.42. The highest BCUT2D eigenvalue weighted by Crippen LogP contribution is 2.65. The van der Waals surface area contributed by atoms with Crippen LogP contribution in [-0.2, 0) is 9.53 Å². The number of carbonyl (C=O) groups excluding carboxylic acids is 1. The van der Waals surface area contributed by atoms with Gasteiger partial charge in [0, 0.05) is 33.4 Å². The number of rotatable bonds is 5. The van der Waals surface area contributed by atoms with Crippen molar-refractivity contribution in [3.8, 4) is 24.3 Å². The predicted molar refractivity (Wildman–Crippen MR) is 130 cm³/mol. The standard InChI is InChI=1S/C27H20Cl2N4O2/c1-3-35-25(34)17(2)22-12-23(18-6-4-8-20(28)10-18)27(15-32,16-33)24(26(22,13-30)14-31)19-7-5-9-21(29)11-19/h4-11,22-24H,2-3,12H2,1H3/t22-,23+,24+/m1/s1. The fourth-order valence-corrected chi connectivity index (χ4v) is 5.50. The second-order valence-electron chi connectivity index (χ2n) is 8.31. The molecule has 1 saturated carbocycles. The average molecular weight is 503 g/mol. The third-order valence-corrected chi connectivity index (χ3v) is 7.08. The minimum absolute atomic E-state index is 0.0443. The van der Waals surface area contributed by atoms with Gasteiger partial charge in [-0.25, -0.2) is 4.79 Å². The van der Waals surface area contributed by atoms with E-state index in [-0.39, 0.29) is 18.6 Å². The van der Waals surface area contributed by atoms with E-state index in [1.54, 1.807) is 49.4 Å². The summed E-state index contributed by atoms with van der Waals surface area (Å²) >= 11 is 12.5. The first-order valence-electron chi connectivity index (χ1n) is 10.8. The summed E-state index contributed by atoms with van der Waals surface area (Å²) in [4.78, 5) is 12.7. The molecule has 6 nitrogen and oxygen atoms in total. The second-order valence-corrected chi connectivity index (χ2v) is 9.19. The van der Waals surface area contributed by atoms with Crippen molar-refractivity contribution in [2.24, 2.45) is 16.7 Å². The van der Waals surface area contributed by atoms with E-state index < -0.39 is 34.6 Å². The quantitative estimate of drug-likeness (QED) is 0.361. The van der Waals surface area contributed by atoms with Gasteiger partial charge < -0.3 is 4.74 Å². The molecule has 0 N–H and O–H groups in total. The molecule has 3 rings (SSSR count). The zero-order chi connectivity index (χ0) is 25.8. The van der Waals surface area contributed by atoms with E-state index in [0.29, 0.717) is 21.2 Å². The zero-order valence-corrected chi connectivity index (χ0v) is 20.3. The number of carbonyl (C=O) groups is 1. The van der Waals surface area contributed by atoms with Gasteiger partial charge in [-0.05, 0) is 48.7 Å². The first-order chi connectivity index (χ1) is 16.7. The van der Waals surface area contributed by atoms with Gasteiger partial charge in [-0.15, -0.1) is 0 Å². The number of nitrogens with zero attached hydrogens (tertiary/aromatic N) is 4. The van der Waals surface area contributed by atoms with Crippen LogP contribution in [0.1, 0.15) is 36.3 Å². The van der Waals surface area contributed by atoms with Crippen LogP contribution in [0, 0.1) is 62.1 Å². The number of esters is 1. The maximum absolute atomic E-state index is 12.7. The van der Waals surface area contributed by atoms with Crippen LogP contribution in [0.5, 0.6) is 0 Å². The Hall–Kier alpha value is -3.81. The first kappa shape index (κ1) is 25.8. The average Bonchev–Trinajstić information content (AvgIpc) is 2.86. The van der Waals surface area contributed by atoms with Gasteiger partial charge in [0.1, 0.15) is 0 Å². The molecular weight excluding hydrogens is 483 g/mol. The van der Waals surface area contributed by atoms with E-state index in [1.165, 1.54) is 6.07 Å². The molecule has 2 aromatic carbocycles. The highest BCUT2D eigenvalue weighted by atomic mass is 35.5. The van der Waals surface area contributed by atoms with Crippen molar-refractivity contribution in [2.45, 2.75) is 25.2 Å². The maximum Gasteiger partial charge on any atom is 0.333 e. The Morgan fingerprint density at radius 1 is 0.971 bits per heavy atom. The summed E-state index contributed by atoms with van der Waals surface area (Å²) in [5.41, 5.74) is -3.00. The molecule has 2 aromatic rings. The number of benzene rings is 2. The van der Waals surface area contributed by atoms with Gasteiger partial charge in [0.05, 0.1) is 30.9 Å². The number of hydrogen-bond donors (Lipinski definition) is 0. The number of nitriles is 4. The van der Waals surface area contributed by atoms with Crippen LogP contribution in [0.3, 0.4) is 0 Å². The third kappa shape index (κ3) is 4.24. The van der Waals surface area contributed by atoms with Gasteiger partial charge in [-0.2, -0.15) is 21.0 Å². The Bertz CT molecular complexity index is 1310. The largest absolute Gasteiger partial charge is 0.463 e. The van der Waals surface area contributed by atoms with Crippen molar-refractivity contribution in [2.75, 3.05) is 6.61 Å². The van der Waals surface area contributed by atoms with E-state index in [4.69, 9.17) is 27.9 Å². The number of ether oxygens (including phenoxy) is 1. The lowest BCUT2D eigenvalue weighted by atomic mass is 9.45. The van der Waals surface area contributed by atoms with Gasteiger partial charge >= 0.3 is 5.97 Å². The SMILES string of the molecule is C=C(C(=O)OCC)[C@H]1C[C@@H](c2cccc(Cl)c2)C(C#N)(C#N)[C@@H](c2cccc(Cl)c2)C1(C#N)C#N. The molecule has 0 bridgehead atoms. The molecule has 0 aliphatic heterocycles. The summed E-state index contributed by atoms with van der Waals surface area (Å²) in [5.74, 6) is -3.86. The molecule has 0 spiro atoms. The van der Waals surface area contributed by atoms with Crippen molar-refractivity contribution < 1.29 is 9.53 Å². The predicted octanol–water partition coefficient (Wildman–Crippen LogP) is 6.07. The van der Waals surface area contributed by atoms with Gasteiger partial charge in [0.15, 0.2) is 10.8 Å². The Kier molecular flexibility index (Phi) is 7.53. The minimum Gasteiger partial charge on any atom is -0.463 e. The lowest BCUT2D eigenvalue weighted by molar-refractivity contribution is -0.139. The molecule has 1 fully saturated rings. The normalized spacial score (nSPS) is 21.9. The Morgan fingerprint density at radius 2 is 1.49 bits per heavy atom. The molecule has 0 unspecified atom stereocenters. The lowest BCUT2D eigenvalue weighted by Crippen LogP contribution is -2.52. The van der Waals surface area contributed by atoms with Gasteiger partial charge in [-0.1, -0.05) is 54.0 Å². The van der Waals surface area contributed by atoms with Crippen LogP contribution >= 0.6 is 23.2 Å². The van der Waals surface area contributed by atoms with Crippen LogP contribution in [0.15, 0.2) is 60.7 Å². The molecule has 35 heavy (non-hydrogen) atoms. The molecule has 0 saturated heterocycles. The zero-order valence-electron chi connectivity index (χ0n) is 18.8. The van der Waals surface area contributed by atoms with E-state index in [1.807, 2.05) is 0 Å². The molecule has 0 heterocycles. The Morgan fingerprint density at radius 3 is 1.97 bits per heavy atom. The molecule has 8 heteroatoms. The van der Waals surface area contributed by atoms with E-state index in [0.717, 1.165) is 0 Å². The highest BCUT2D eigenvalue weighted by molar-refractivity contribution is 6.30. The van der Waals surface area contributed by atoms with Crippen molar-refractivity contribution in [3.63, 3.8) is 0 Å². The maximum atomic E-state index is 12.7. The number of hydrogen-bond acceptors (Lipinski definition) is 6. The van der Waals surface area contributed by atoms with Crippen LogP contribution in [-0.4, -0.2) is 12.6 Å². The monoisotopic (exact) mass is 502 g/mol. The summed E-state index contributed by atoms with van der Waals surface area (Å²) in [6.07, 6.45) is -0.0443. The summed E-state index contributed by atoms with van der Waals surface area (Å²) in [6, 6.07) is 21.5. The summed E-state index contributed by atoms with van der Waals surface area (Å²) in [5, 5.41) is 42.6. The molecule has 0 aromatic heterocycles. The third-order valence-electron chi connectivity index (χ3n) is 6.61. The summed E-state index contributed by atoms with van der Waals surface area (Å²) in [6.45, 7) is 5.59. The molecule has 3 atom stereocenters. The van der Waals surface area contributed by atoms with E-state index in [2.05, 4.69) is 30.9 Å².